The molecule has 8 nitrogen and oxygen atoms in total. The standard InChI is InChI=1S/C20H19F3N6O2S/c1-11-6-15-16(7-24)17(29(13-4-3-5-13)19(15)27-8-11)18-25-9-14(10-26-18)32(30,31)28-12(2)20(21,22)23/h6,8-10,12-13,28H,3-5H2,1-2H3/t12-/m1/s1. The summed E-state index contributed by atoms with van der Waals surface area (Å²) in [5.41, 5.74) is 2.24. The number of halogens is 3. The van der Waals surface area contributed by atoms with Gasteiger partial charge < -0.3 is 4.57 Å². The average Bonchev–Trinajstić information content (AvgIpc) is 2.99. The Kier molecular flexibility index (Phi) is 5.42. The van der Waals surface area contributed by atoms with E-state index in [1.807, 2.05) is 17.6 Å². The minimum atomic E-state index is -4.73. The molecule has 3 heterocycles. The molecule has 1 saturated carbocycles. The summed E-state index contributed by atoms with van der Waals surface area (Å²) in [5.74, 6) is 0.104. The van der Waals surface area contributed by atoms with E-state index in [1.54, 1.807) is 10.9 Å². The van der Waals surface area contributed by atoms with Crippen LogP contribution in [0.3, 0.4) is 0 Å². The summed E-state index contributed by atoms with van der Waals surface area (Å²) >= 11 is 0. The lowest BCUT2D eigenvalue weighted by Crippen LogP contribution is -2.43. The Morgan fingerprint density at radius 2 is 1.88 bits per heavy atom. The van der Waals surface area contributed by atoms with E-state index < -0.39 is 27.1 Å². The molecular formula is C20H19F3N6O2S. The highest BCUT2D eigenvalue weighted by Crippen LogP contribution is 2.41. The van der Waals surface area contributed by atoms with Gasteiger partial charge in [0.05, 0.1) is 18.0 Å². The molecule has 1 aliphatic carbocycles. The zero-order valence-electron chi connectivity index (χ0n) is 17.2. The van der Waals surface area contributed by atoms with Crippen LogP contribution in [0.5, 0.6) is 0 Å². The highest BCUT2D eigenvalue weighted by atomic mass is 32.2. The first kappa shape index (κ1) is 22.2. The quantitative estimate of drug-likeness (QED) is 0.617. The molecular weight excluding hydrogens is 445 g/mol. The van der Waals surface area contributed by atoms with Crippen molar-refractivity contribution in [2.75, 3.05) is 0 Å². The number of hydrogen-bond donors (Lipinski definition) is 1. The van der Waals surface area contributed by atoms with E-state index in [0.29, 0.717) is 29.2 Å². The first-order valence-electron chi connectivity index (χ1n) is 9.85. The van der Waals surface area contributed by atoms with Gasteiger partial charge in [0, 0.05) is 17.6 Å². The van der Waals surface area contributed by atoms with Crippen LogP contribution in [0.4, 0.5) is 13.2 Å². The zero-order valence-corrected chi connectivity index (χ0v) is 18.0. The Morgan fingerprint density at radius 3 is 2.41 bits per heavy atom. The lowest BCUT2D eigenvalue weighted by atomic mass is 9.92. The third-order valence-electron chi connectivity index (χ3n) is 5.50. The molecule has 0 bridgehead atoms. The van der Waals surface area contributed by atoms with Gasteiger partial charge in [0.1, 0.15) is 28.3 Å². The minimum absolute atomic E-state index is 0.103. The van der Waals surface area contributed by atoms with Crippen molar-refractivity contribution >= 4 is 21.1 Å². The molecule has 12 heteroatoms. The number of nitrogens with zero attached hydrogens (tertiary/aromatic N) is 5. The largest absolute Gasteiger partial charge is 0.404 e. The third kappa shape index (κ3) is 3.82. The smallest absolute Gasteiger partial charge is 0.318 e. The molecule has 0 unspecified atom stereocenters. The monoisotopic (exact) mass is 464 g/mol. The van der Waals surface area contributed by atoms with E-state index in [-0.39, 0.29) is 11.9 Å². The van der Waals surface area contributed by atoms with E-state index in [0.717, 1.165) is 37.2 Å². The van der Waals surface area contributed by atoms with Crippen molar-refractivity contribution in [1.82, 2.24) is 24.2 Å². The van der Waals surface area contributed by atoms with Gasteiger partial charge in [-0.3, -0.25) is 0 Å². The molecule has 32 heavy (non-hydrogen) atoms. The van der Waals surface area contributed by atoms with E-state index in [9.17, 15) is 26.9 Å². The summed E-state index contributed by atoms with van der Waals surface area (Å²) in [4.78, 5) is 12.2. The van der Waals surface area contributed by atoms with E-state index in [2.05, 4.69) is 21.0 Å². The summed E-state index contributed by atoms with van der Waals surface area (Å²) in [5, 5.41) is 10.5. The van der Waals surface area contributed by atoms with Crippen molar-refractivity contribution in [2.45, 2.75) is 56.3 Å². The van der Waals surface area contributed by atoms with Crippen molar-refractivity contribution in [2.24, 2.45) is 0 Å². The number of rotatable bonds is 5. The summed E-state index contributed by atoms with van der Waals surface area (Å²) in [6.07, 6.45) is 1.66. The van der Waals surface area contributed by atoms with Crippen LogP contribution in [0.2, 0.25) is 0 Å². The van der Waals surface area contributed by atoms with E-state index >= 15 is 0 Å². The number of pyridine rings is 1. The van der Waals surface area contributed by atoms with E-state index in [4.69, 9.17) is 0 Å². The number of hydrogen-bond acceptors (Lipinski definition) is 6. The molecule has 0 saturated heterocycles. The van der Waals surface area contributed by atoms with Crippen LogP contribution in [0, 0.1) is 18.3 Å². The molecule has 0 amide bonds. The Bertz CT molecular complexity index is 1320. The lowest BCUT2D eigenvalue weighted by molar-refractivity contribution is -0.147. The Morgan fingerprint density at radius 1 is 1.22 bits per heavy atom. The molecule has 1 fully saturated rings. The topological polar surface area (TPSA) is 114 Å². The highest BCUT2D eigenvalue weighted by Gasteiger charge is 2.39. The number of sulfonamides is 1. The zero-order chi connectivity index (χ0) is 23.3. The van der Waals surface area contributed by atoms with Gasteiger partial charge >= 0.3 is 6.18 Å². The molecule has 1 N–H and O–H groups in total. The summed E-state index contributed by atoms with van der Waals surface area (Å²) in [6.45, 7) is 2.57. The normalized spacial score (nSPS) is 16.0. The van der Waals surface area contributed by atoms with Crippen LogP contribution >= 0.6 is 0 Å². The molecule has 1 aliphatic rings. The summed E-state index contributed by atoms with van der Waals surface area (Å²) in [7, 11) is -4.49. The van der Waals surface area contributed by atoms with Crippen molar-refractivity contribution in [3.8, 4) is 17.6 Å². The second-order valence-electron chi connectivity index (χ2n) is 7.80. The molecule has 0 spiro atoms. The van der Waals surface area contributed by atoms with Gasteiger partial charge in [-0.15, -0.1) is 0 Å². The van der Waals surface area contributed by atoms with Crippen molar-refractivity contribution in [1.29, 1.82) is 5.26 Å². The fraction of sp³-hybridized carbons (Fsp3) is 0.400. The maximum atomic E-state index is 12.8. The first-order valence-corrected chi connectivity index (χ1v) is 11.3. The fourth-order valence-electron chi connectivity index (χ4n) is 3.57. The molecule has 3 aromatic heterocycles. The predicted octanol–water partition coefficient (Wildman–Crippen LogP) is 3.63. The van der Waals surface area contributed by atoms with Gasteiger partial charge in [0.2, 0.25) is 10.0 Å². The van der Waals surface area contributed by atoms with Gasteiger partial charge in [-0.25, -0.2) is 23.4 Å². The fourth-order valence-corrected chi connectivity index (χ4v) is 4.69. The molecule has 168 valence electrons. The Hall–Kier alpha value is -3.04. The van der Waals surface area contributed by atoms with Crippen LogP contribution in [-0.4, -0.2) is 40.2 Å². The number of nitriles is 1. The molecule has 0 aliphatic heterocycles. The van der Waals surface area contributed by atoms with Crippen molar-refractivity contribution in [3.63, 3.8) is 0 Å². The molecule has 1 atom stereocenters. The molecule has 0 aromatic carbocycles. The highest BCUT2D eigenvalue weighted by molar-refractivity contribution is 7.89. The van der Waals surface area contributed by atoms with Gasteiger partial charge in [0.25, 0.3) is 0 Å². The lowest BCUT2D eigenvalue weighted by Gasteiger charge is -2.29. The van der Waals surface area contributed by atoms with Crippen LogP contribution in [-0.2, 0) is 10.0 Å². The summed E-state index contributed by atoms with van der Waals surface area (Å²) in [6, 6.07) is 1.86. The number of aromatic nitrogens is 4. The maximum absolute atomic E-state index is 12.8. The van der Waals surface area contributed by atoms with Gasteiger partial charge in [-0.2, -0.15) is 23.2 Å². The van der Waals surface area contributed by atoms with Crippen LogP contribution in [0.1, 0.15) is 43.4 Å². The molecule has 4 rings (SSSR count). The first-order chi connectivity index (χ1) is 15.0. The van der Waals surface area contributed by atoms with E-state index in [1.165, 1.54) is 0 Å². The SMILES string of the molecule is Cc1cnc2c(c1)c(C#N)c(-c1ncc(S(=O)(=O)N[C@H](C)C(F)(F)F)cn1)n2C1CCC1. The minimum Gasteiger partial charge on any atom is -0.318 e. The van der Waals surface area contributed by atoms with Crippen LogP contribution in [0.15, 0.2) is 29.6 Å². The number of aryl methyl sites for hydroxylation is 1. The number of fused-ring (bicyclic) bond motifs is 1. The predicted molar refractivity (Wildman–Crippen MR) is 109 cm³/mol. The van der Waals surface area contributed by atoms with Gasteiger partial charge in [-0.1, -0.05) is 0 Å². The molecule has 3 aromatic rings. The second-order valence-corrected chi connectivity index (χ2v) is 9.51. The molecule has 0 radical (unpaired) electrons. The number of alkyl halides is 3. The Balaban J connectivity index is 1.80. The van der Waals surface area contributed by atoms with Crippen molar-refractivity contribution in [3.05, 3.63) is 35.8 Å². The van der Waals surface area contributed by atoms with Crippen LogP contribution < -0.4 is 4.72 Å². The van der Waals surface area contributed by atoms with Gasteiger partial charge in [0.15, 0.2) is 5.82 Å². The Labute approximate surface area is 182 Å². The number of nitrogens with one attached hydrogen (secondary N) is 1. The second kappa shape index (κ2) is 7.83. The van der Waals surface area contributed by atoms with Gasteiger partial charge in [-0.05, 0) is 44.7 Å². The van der Waals surface area contributed by atoms with Crippen molar-refractivity contribution < 1.29 is 21.6 Å². The average molecular weight is 464 g/mol. The third-order valence-corrected chi connectivity index (χ3v) is 7.00. The van der Waals surface area contributed by atoms with Crippen LogP contribution in [0.25, 0.3) is 22.6 Å². The summed E-state index contributed by atoms with van der Waals surface area (Å²) < 4.78 is 66.4. The maximum Gasteiger partial charge on any atom is 0.404 e.